The van der Waals surface area contributed by atoms with Gasteiger partial charge in [-0.1, -0.05) is 57.0 Å². The normalized spacial score (nSPS) is 12.3. The lowest BCUT2D eigenvalue weighted by atomic mass is 9.99. The molecule has 0 aliphatic carbocycles. The van der Waals surface area contributed by atoms with Gasteiger partial charge in [-0.25, -0.2) is 4.98 Å². The molecule has 0 unspecified atom stereocenters. The molecule has 0 aliphatic rings. The van der Waals surface area contributed by atoms with Crippen LogP contribution in [-0.4, -0.2) is 27.8 Å². The van der Waals surface area contributed by atoms with Gasteiger partial charge in [0.1, 0.15) is 0 Å². The summed E-state index contributed by atoms with van der Waals surface area (Å²) in [7, 11) is 0. The number of hydrogen-bond donors (Lipinski definition) is 1. The third-order valence-corrected chi connectivity index (χ3v) is 5.58. The maximum atomic E-state index is 12.6. The van der Waals surface area contributed by atoms with Crippen molar-refractivity contribution in [1.82, 2.24) is 14.9 Å². The second-order valence-electron chi connectivity index (χ2n) is 6.47. The number of carbonyl (C=O) groups is 1. The Kier molecular flexibility index (Phi) is 8.16. The topological polar surface area (TPSA) is 64.0 Å². The number of unbranched alkanes of at least 4 members (excludes halogenated alkanes) is 1. The lowest BCUT2D eigenvalue weighted by Crippen LogP contribution is -2.31. The lowest BCUT2D eigenvalue weighted by molar-refractivity contribution is -0.118. The summed E-state index contributed by atoms with van der Waals surface area (Å²) in [6.07, 6.45) is 4.62. The molecule has 1 atom stereocenters. The quantitative estimate of drug-likeness (QED) is 0.506. The minimum Gasteiger partial charge on any atom is -0.355 e. The van der Waals surface area contributed by atoms with Crippen LogP contribution in [0, 0.1) is 5.92 Å². The number of rotatable bonds is 10. The molecule has 0 fully saturated rings. The molecule has 6 heteroatoms. The summed E-state index contributed by atoms with van der Waals surface area (Å²) in [5.74, 6) is 0.807. The van der Waals surface area contributed by atoms with Crippen molar-refractivity contribution >= 4 is 28.6 Å². The molecule has 1 aromatic carbocycles. The summed E-state index contributed by atoms with van der Waals surface area (Å²) in [6, 6.07) is 7.33. The van der Waals surface area contributed by atoms with Crippen molar-refractivity contribution in [2.45, 2.75) is 58.2 Å². The van der Waals surface area contributed by atoms with E-state index in [1.54, 1.807) is 10.6 Å². The van der Waals surface area contributed by atoms with Crippen molar-refractivity contribution in [2.75, 3.05) is 12.3 Å². The number of para-hydroxylation sites is 1. The van der Waals surface area contributed by atoms with Crippen LogP contribution in [0.5, 0.6) is 0 Å². The first kappa shape index (κ1) is 20.5. The monoisotopic (exact) mass is 375 g/mol. The largest absolute Gasteiger partial charge is 0.355 e. The van der Waals surface area contributed by atoms with Crippen molar-refractivity contribution in [3.05, 3.63) is 34.6 Å². The van der Waals surface area contributed by atoms with Gasteiger partial charge >= 0.3 is 0 Å². The molecule has 26 heavy (non-hydrogen) atoms. The van der Waals surface area contributed by atoms with Gasteiger partial charge in [0.15, 0.2) is 5.16 Å². The van der Waals surface area contributed by atoms with E-state index in [9.17, 15) is 9.59 Å². The first-order valence-corrected chi connectivity index (χ1v) is 10.5. The Bertz CT molecular complexity index is 788. The Morgan fingerprint density at radius 3 is 2.73 bits per heavy atom. The molecule has 1 aromatic heterocycles. The zero-order valence-electron chi connectivity index (χ0n) is 16.0. The van der Waals surface area contributed by atoms with E-state index in [1.165, 1.54) is 24.6 Å². The second-order valence-corrected chi connectivity index (χ2v) is 7.41. The van der Waals surface area contributed by atoms with Gasteiger partial charge in [0.2, 0.25) is 5.91 Å². The van der Waals surface area contributed by atoms with Crippen LogP contribution in [0.3, 0.4) is 0 Å². The molecule has 5 nitrogen and oxygen atoms in total. The zero-order valence-corrected chi connectivity index (χ0v) is 16.8. The molecule has 0 saturated carbocycles. The second kappa shape index (κ2) is 10.4. The van der Waals surface area contributed by atoms with E-state index >= 15 is 0 Å². The van der Waals surface area contributed by atoms with Crippen molar-refractivity contribution in [2.24, 2.45) is 5.92 Å². The Morgan fingerprint density at radius 1 is 1.27 bits per heavy atom. The molecule has 1 heterocycles. The number of benzene rings is 1. The predicted molar refractivity (Wildman–Crippen MR) is 109 cm³/mol. The molecule has 2 aromatic rings. The van der Waals surface area contributed by atoms with Gasteiger partial charge < -0.3 is 5.32 Å². The maximum Gasteiger partial charge on any atom is 0.262 e. The SMILES string of the molecule is CCCC[C@H](CC)CNC(=O)CSc1nc2ccccc2c(=O)n1CC. The molecule has 1 amide bonds. The van der Waals surface area contributed by atoms with Gasteiger partial charge in [0.25, 0.3) is 5.56 Å². The summed E-state index contributed by atoms with van der Waals surface area (Å²) < 4.78 is 1.64. The van der Waals surface area contributed by atoms with Crippen molar-refractivity contribution in [1.29, 1.82) is 0 Å². The van der Waals surface area contributed by atoms with Gasteiger partial charge in [-0.2, -0.15) is 0 Å². The van der Waals surface area contributed by atoms with Crippen molar-refractivity contribution in [3.63, 3.8) is 0 Å². The molecule has 0 radical (unpaired) electrons. The van der Waals surface area contributed by atoms with Crippen LogP contribution in [-0.2, 0) is 11.3 Å². The standard InChI is InChI=1S/C20H29N3O2S/c1-4-7-10-15(5-2)13-21-18(24)14-26-20-22-17-12-9-8-11-16(17)19(25)23(20)6-3/h8-9,11-12,15H,4-7,10,13-14H2,1-3H3,(H,21,24)/t15-/m0/s1. The summed E-state index contributed by atoms with van der Waals surface area (Å²) >= 11 is 1.33. The predicted octanol–water partition coefficient (Wildman–Crippen LogP) is 3.84. The van der Waals surface area contributed by atoms with Crippen LogP contribution < -0.4 is 10.9 Å². The average molecular weight is 376 g/mol. The fourth-order valence-corrected chi connectivity index (χ4v) is 3.81. The van der Waals surface area contributed by atoms with E-state index in [4.69, 9.17) is 0 Å². The number of amides is 1. The number of fused-ring (bicyclic) bond motifs is 1. The van der Waals surface area contributed by atoms with E-state index < -0.39 is 0 Å². The summed E-state index contributed by atoms with van der Waals surface area (Å²) in [4.78, 5) is 29.4. The molecular weight excluding hydrogens is 346 g/mol. The first-order valence-electron chi connectivity index (χ1n) is 9.49. The van der Waals surface area contributed by atoms with Gasteiger partial charge in [-0.15, -0.1) is 0 Å². The van der Waals surface area contributed by atoms with Gasteiger partial charge in [0, 0.05) is 13.1 Å². The van der Waals surface area contributed by atoms with E-state index in [0.717, 1.165) is 19.4 Å². The molecule has 0 saturated heterocycles. The van der Waals surface area contributed by atoms with Crippen molar-refractivity contribution < 1.29 is 4.79 Å². The number of nitrogens with zero attached hydrogens (tertiary/aromatic N) is 2. The Labute approximate surface area is 159 Å². The minimum absolute atomic E-state index is 0.00462. The molecule has 2 rings (SSSR count). The van der Waals surface area contributed by atoms with E-state index in [2.05, 4.69) is 24.1 Å². The average Bonchev–Trinajstić information content (AvgIpc) is 2.66. The zero-order chi connectivity index (χ0) is 18.9. The number of nitrogens with one attached hydrogen (secondary N) is 1. The summed E-state index contributed by atoms with van der Waals surface area (Å²) in [5.41, 5.74) is 0.627. The first-order chi connectivity index (χ1) is 12.6. The van der Waals surface area contributed by atoms with E-state index in [-0.39, 0.29) is 17.2 Å². The third kappa shape index (κ3) is 5.34. The molecule has 1 N–H and O–H groups in total. The number of hydrogen-bond acceptors (Lipinski definition) is 4. The third-order valence-electron chi connectivity index (χ3n) is 4.61. The summed E-state index contributed by atoms with van der Waals surface area (Å²) in [6.45, 7) is 7.53. The van der Waals surface area contributed by atoms with Crippen LogP contribution in [0.1, 0.15) is 46.5 Å². The van der Waals surface area contributed by atoms with Crippen LogP contribution in [0.15, 0.2) is 34.2 Å². The van der Waals surface area contributed by atoms with E-state index in [1.807, 2.05) is 25.1 Å². The lowest BCUT2D eigenvalue weighted by Gasteiger charge is -2.15. The van der Waals surface area contributed by atoms with Gasteiger partial charge in [0.05, 0.1) is 16.7 Å². The Hall–Kier alpha value is -1.82. The molecule has 0 aliphatic heterocycles. The van der Waals surface area contributed by atoms with Gasteiger partial charge in [-0.05, 0) is 31.4 Å². The van der Waals surface area contributed by atoms with Crippen LogP contribution >= 0.6 is 11.8 Å². The van der Waals surface area contributed by atoms with Crippen LogP contribution in [0.4, 0.5) is 0 Å². The highest BCUT2D eigenvalue weighted by atomic mass is 32.2. The molecule has 142 valence electrons. The highest BCUT2D eigenvalue weighted by molar-refractivity contribution is 7.99. The number of aromatic nitrogens is 2. The molecule has 0 bridgehead atoms. The highest BCUT2D eigenvalue weighted by Crippen LogP contribution is 2.18. The highest BCUT2D eigenvalue weighted by Gasteiger charge is 2.13. The maximum absolute atomic E-state index is 12.6. The fourth-order valence-electron chi connectivity index (χ4n) is 2.92. The number of thioether (sulfide) groups is 1. The fraction of sp³-hybridized carbons (Fsp3) is 0.550. The summed E-state index contributed by atoms with van der Waals surface area (Å²) in [5, 5.41) is 4.24. The Morgan fingerprint density at radius 2 is 2.04 bits per heavy atom. The number of carbonyl (C=O) groups excluding carboxylic acids is 1. The smallest absolute Gasteiger partial charge is 0.262 e. The molecular formula is C20H29N3O2S. The molecule has 0 spiro atoms. The van der Waals surface area contributed by atoms with Gasteiger partial charge in [-0.3, -0.25) is 14.2 Å². The van der Waals surface area contributed by atoms with Crippen molar-refractivity contribution in [3.8, 4) is 0 Å². The van der Waals surface area contributed by atoms with Crippen LogP contribution in [0.25, 0.3) is 10.9 Å². The van der Waals surface area contributed by atoms with Crippen LogP contribution in [0.2, 0.25) is 0 Å². The Balaban J connectivity index is 2.00. The minimum atomic E-state index is -0.0494. The van der Waals surface area contributed by atoms with E-state index in [0.29, 0.717) is 28.5 Å².